The third kappa shape index (κ3) is 22.3. The Hall–Kier alpha value is -1.66. The zero-order valence-electron chi connectivity index (χ0n) is 40.8. The molecule has 0 radical (unpaired) electrons. The summed E-state index contributed by atoms with van der Waals surface area (Å²) in [7, 11) is 0. The predicted molar refractivity (Wildman–Crippen MR) is 266 cm³/mol. The van der Waals surface area contributed by atoms with E-state index in [-0.39, 0.29) is 46.3 Å². The van der Waals surface area contributed by atoms with Crippen LogP contribution in [0, 0.1) is 21.3 Å². The van der Waals surface area contributed by atoms with Crippen molar-refractivity contribution in [3.63, 3.8) is 0 Å². The van der Waals surface area contributed by atoms with Crippen molar-refractivity contribution in [2.45, 2.75) is 185 Å². The van der Waals surface area contributed by atoms with Gasteiger partial charge in [-0.3, -0.25) is 0 Å². The van der Waals surface area contributed by atoms with Crippen LogP contribution in [-0.2, 0) is 32.7 Å². The zero-order valence-corrected chi connectivity index (χ0v) is 43.6. The molecule has 0 saturated heterocycles. The molecule has 0 aliphatic heterocycles. The average Bonchev–Trinajstić information content (AvgIpc) is 3.24. The van der Waals surface area contributed by atoms with Crippen LogP contribution in [0.1, 0.15) is 179 Å². The SMILES string of the molecule is CCCCCCCCCCCCCCCCCC(Nc1c(N(CC)CC)cccc1N(CC)CC)Nc1c(N(CC)CC)cccc1N(CC)CC.[CH2-]C.[CH2-]C.[CH3-].[Y+3]. The van der Waals surface area contributed by atoms with E-state index in [1.807, 2.05) is 0 Å². The number of hydrogen-bond donors (Lipinski definition) is 2. The summed E-state index contributed by atoms with van der Waals surface area (Å²) in [4.78, 5) is 10.0. The first-order chi connectivity index (χ1) is 27.5. The van der Waals surface area contributed by atoms with Crippen molar-refractivity contribution in [3.8, 4) is 0 Å². The van der Waals surface area contributed by atoms with Crippen molar-refractivity contribution >= 4 is 34.1 Å². The van der Waals surface area contributed by atoms with Crippen LogP contribution >= 0.6 is 0 Å². The molecular formula is C51H97N6Y. The number of nitrogens with zero attached hydrogens (tertiary/aromatic N) is 4. The van der Waals surface area contributed by atoms with Crippen molar-refractivity contribution in [2.24, 2.45) is 0 Å². The third-order valence-electron chi connectivity index (χ3n) is 11.2. The molecule has 334 valence electrons. The standard InChI is InChI=1S/C46H84N6.2C2H5.CH3.Y/c1-10-19-20-21-22-23-24-25-26-27-28-29-30-31-32-39-44(47-45-40(49(11-2)12-3)35-33-36-41(45)50(13-4)14-5)48-46-42(51(15-6)16-7)37-34-38-43(46)52(17-8)18-9;2*1-2;;/h33-38,44,47-48H,10-32,39H2,1-9H3;2*1H2,2H3;1H3;/q;3*-1;+3. The Morgan fingerprint density at radius 3 is 0.845 bits per heavy atom. The van der Waals surface area contributed by atoms with Crippen LogP contribution in [0.25, 0.3) is 0 Å². The fourth-order valence-electron chi connectivity index (χ4n) is 7.91. The van der Waals surface area contributed by atoms with Gasteiger partial charge in [0.25, 0.3) is 0 Å². The number of hydrogen-bond acceptors (Lipinski definition) is 6. The van der Waals surface area contributed by atoms with Crippen LogP contribution in [0.4, 0.5) is 34.1 Å². The van der Waals surface area contributed by atoms with Gasteiger partial charge in [0.2, 0.25) is 0 Å². The molecule has 0 saturated carbocycles. The fourth-order valence-corrected chi connectivity index (χ4v) is 7.91. The molecule has 6 nitrogen and oxygen atoms in total. The van der Waals surface area contributed by atoms with Gasteiger partial charge in [-0.05, 0) is 92.5 Å². The normalized spacial score (nSPS) is 10.3. The summed E-state index contributed by atoms with van der Waals surface area (Å²) in [5.74, 6) is 0. The van der Waals surface area contributed by atoms with Gasteiger partial charge in [-0.15, -0.1) is 0 Å². The van der Waals surface area contributed by atoms with Crippen LogP contribution in [0.5, 0.6) is 0 Å². The van der Waals surface area contributed by atoms with Gasteiger partial charge in [-0.1, -0.05) is 109 Å². The molecule has 0 unspecified atom stereocenters. The number of rotatable bonds is 32. The molecule has 0 aliphatic carbocycles. The number of anilines is 6. The van der Waals surface area contributed by atoms with E-state index in [1.54, 1.807) is 13.8 Å². The third-order valence-corrected chi connectivity index (χ3v) is 11.2. The Labute approximate surface area is 389 Å². The summed E-state index contributed by atoms with van der Waals surface area (Å²) in [6, 6.07) is 13.8. The zero-order chi connectivity index (χ0) is 42.0. The molecule has 0 atom stereocenters. The van der Waals surface area contributed by atoms with Crippen LogP contribution in [0.3, 0.4) is 0 Å². The second kappa shape index (κ2) is 40.7. The van der Waals surface area contributed by atoms with Gasteiger partial charge in [-0.25, -0.2) is 0 Å². The summed E-state index contributed by atoms with van der Waals surface area (Å²) in [5, 5.41) is 8.37. The van der Waals surface area contributed by atoms with E-state index in [0.29, 0.717) is 0 Å². The molecule has 2 aromatic carbocycles. The molecule has 0 amide bonds. The first kappa shape index (κ1) is 60.6. The van der Waals surface area contributed by atoms with Crippen molar-refractivity contribution in [3.05, 3.63) is 57.7 Å². The van der Waals surface area contributed by atoms with Crippen molar-refractivity contribution < 1.29 is 32.7 Å². The first-order valence-corrected chi connectivity index (χ1v) is 23.7. The van der Waals surface area contributed by atoms with Gasteiger partial charge in [0.15, 0.2) is 0 Å². The summed E-state index contributed by atoms with van der Waals surface area (Å²) in [6.07, 6.45) is 22.0. The smallest absolute Gasteiger partial charge is 0.370 e. The van der Waals surface area contributed by atoms with Gasteiger partial charge < -0.3 is 51.5 Å². The van der Waals surface area contributed by atoms with Gasteiger partial charge in [-0.2, -0.15) is 13.8 Å². The summed E-state index contributed by atoms with van der Waals surface area (Å²) in [6.45, 7) is 38.4. The van der Waals surface area contributed by atoms with Crippen LogP contribution in [0.2, 0.25) is 0 Å². The van der Waals surface area contributed by atoms with Crippen LogP contribution in [-0.4, -0.2) is 58.5 Å². The van der Waals surface area contributed by atoms with Crippen LogP contribution in [0.15, 0.2) is 36.4 Å². The topological polar surface area (TPSA) is 37.0 Å². The molecule has 2 aromatic rings. The second-order valence-corrected chi connectivity index (χ2v) is 14.6. The summed E-state index contributed by atoms with van der Waals surface area (Å²) < 4.78 is 0. The Morgan fingerprint density at radius 1 is 0.397 bits per heavy atom. The average molecular weight is 883 g/mol. The minimum atomic E-state index is 0. The van der Waals surface area contributed by atoms with Gasteiger partial charge in [0.1, 0.15) is 0 Å². The van der Waals surface area contributed by atoms with Gasteiger partial charge in [0.05, 0.1) is 40.3 Å². The van der Waals surface area contributed by atoms with E-state index < -0.39 is 0 Å². The molecular weight excluding hydrogens is 786 g/mol. The first-order valence-electron chi connectivity index (χ1n) is 23.7. The van der Waals surface area contributed by atoms with E-state index in [2.05, 4.69) is 143 Å². The Morgan fingerprint density at radius 2 is 0.621 bits per heavy atom. The molecule has 0 fully saturated rings. The minimum Gasteiger partial charge on any atom is -0.370 e. The van der Waals surface area contributed by atoms with Crippen LogP contribution < -0.4 is 30.2 Å². The molecule has 2 N–H and O–H groups in total. The number of unbranched alkanes of at least 4 members (excludes halogenated alkanes) is 14. The molecule has 0 spiro atoms. The van der Waals surface area contributed by atoms with Gasteiger partial charge in [0, 0.05) is 52.4 Å². The summed E-state index contributed by atoms with van der Waals surface area (Å²) in [5.41, 5.74) is 7.74. The number of nitrogens with one attached hydrogen (secondary N) is 2. The quantitative estimate of drug-likeness (QED) is 0.0433. The second-order valence-electron chi connectivity index (χ2n) is 14.6. The molecule has 0 aromatic heterocycles. The predicted octanol–water partition coefficient (Wildman–Crippen LogP) is 15.3. The minimum absolute atomic E-state index is 0. The largest absolute Gasteiger partial charge is 3.00 e. The maximum atomic E-state index is 4.19. The van der Waals surface area contributed by atoms with E-state index >= 15 is 0 Å². The van der Waals surface area contributed by atoms with E-state index in [4.69, 9.17) is 0 Å². The van der Waals surface area contributed by atoms with E-state index in [9.17, 15) is 0 Å². The maximum Gasteiger partial charge on any atom is 3.00 e. The van der Waals surface area contributed by atoms with E-state index in [1.165, 1.54) is 130 Å². The van der Waals surface area contributed by atoms with E-state index in [0.717, 1.165) is 58.8 Å². The molecule has 7 heteroatoms. The molecule has 0 aliphatic rings. The van der Waals surface area contributed by atoms with Crippen molar-refractivity contribution in [1.29, 1.82) is 0 Å². The monoisotopic (exact) mass is 883 g/mol. The van der Waals surface area contributed by atoms with Gasteiger partial charge >= 0.3 is 32.7 Å². The van der Waals surface area contributed by atoms with Crippen molar-refractivity contribution in [2.75, 3.05) is 82.6 Å². The number of para-hydroxylation sites is 2. The fraction of sp³-hybridized carbons (Fsp3) is 0.706. The Bertz CT molecular complexity index is 1030. The Balaban J connectivity index is -0.00000488. The Kier molecular flexibility index (Phi) is 42.6. The number of benzene rings is 2. The molecule has 0 bridgehead atoms. The molecule has 0 heterocycles. The molecule has 58 heavy (non-hydrogen) atoms. The molecule has 2 rings (SSSR count). The van der Waals surface area contributed by atoms with Crippen molar-refractivity contribution in [1.82, 2.24) is 0 Å². The summed E-state index contributed by atoms with van der Waals surface area (Å²) >= 11 is 0. The maximum absolute atomic E-state index is 4.19.